The second kappa shape index (κ2) is 6.83. The van der Waals surface area contributed by atoms with E-state index in [1.165, 1.54) is 17.5 Å². The van der Waals surface area contributed by atoms with Gasteiger partial charge in [0.05, 0.1) is 0 Å². The molecule has 0 saturated carbocycles. The zero-order valence-electron chi connectivity index (χ0n) is 12.0. The lowest BCUT2D eigenvalue weighted by Crippen LogP contribution is -2.30. The van der Waals surface area contributed by atoms with E-state index in [9.17, 15) is 4.79 Å². The van der Waals surface area contributed by atoms with Crippen LogP contribution in [-0.2, 0) is 0 Å². The Balaban J connectivity index is 1.87. The van der Waals surface area contributed by atoms with Gasteiger partial charge in [0, 0.05) is 31.6 Å². The number of hydrogen-bond acceptors (Lipinski definition) is 3. The van der Waals surface area contributed by atoms with Crippen molar-refractivity contribution in [2.45, 2.75) is 26.7 Å². The number of nitrogens with one attached hydrogen (secondary N) is 1. The van der Waals surface area contributed by atoms with Crippen molar-refractivity contribution in [2.75, 3.05) is 32.7 Å². The quantitative estimate of drug-likeness (QED) is 0.842. The molecule has 1 heterocycles. The summed E-state index contributed by atoms with van der Waals surface area (Å²) in [5.74, 6) is 0.264. The van der Waals surface area contributed by atoms with Gasteiger partial charge in [0.1, 0.15) is 0 Å². The number of Topliss-reactive ketones (excluding diaryl/α,β-unsaturated/α-hetero) is 1. The number of aryl methyl sites for hydroxylation is 2. The summed E-state index contributed by atoms with van der Waals surface area (Å²) in [4.78, 5) is 14.6. The van der Waals surface area contributed by atoms with Gasteiger partial charge in [-0.2, -0.15) is 0 Å². The van der Waals surface area contributed by atoms with Crippen molar-refractivity contribution in [1.82, 2.24) is 10.2 Å². The zero-order chi connectivity index (χ0) is 13.7. The first-order valence-electron chi connectivity index (χ1n) is 7.20. The number of benzene rings is 1. The fourth-order valence-electron chi connectivity index (χ4n) is 2.44. The van der Waals surface area contributed by atoms with Gasteiger partial charge in [-0.3, -0.25) is 4.79 Å². The highest BCUT2D eigenvalue weighted by Gasteiger charge is 2.12. The van der Waals surface area contributed by atoms with Crippen LogP contribution in [-0.4, -0.2) is 43.4 Å². The summed E-state index contributed by atoms with van der Waals surface area (Å²) in [5.41, 5.74) is 3.30. The molecule has 1 aromatic carbocycles. The lowest BCUT2D eigenvalue weighted by atomic mass is 10.0. The van der Waals surface area contributed by atoms with Crippen LogP contribution >= 0.6 is 0 Å². The summed E-state index contributed by atoms with van der Waals surface area (Å²) in [6, 6.07) is 6.01. The third-order valence-corrected chi connectivity index (χ3v) is 3.92. The summed E-state index contributed by atoms with van der Waals surface area (Å²) in [7, 11) is 0. The van der Waals surface area contributed by atoms with Crippen molar-refractivity contribution in [3.05, 3.63) is 34.9 Å². The molecule has 0 unspecified atom stereocenters. The van der Waals surface area contributed by atoms with E-state index in [0.717, 1.165) is 38.3 Å². The average Bonchev–Trinajstić information content (AvgIpc) is 2.67. The van der Waals surface area contributed by atoms with Crippen LogP contribution in [0.25, 0.3) is 0 Å². The number of carbonyl (C=O) groups is 1. The van der Waals surface area contributed by atoms with Gasteiger partial charge in [0.25, 0.3) is 0 Å². The molecule has 0 spiro atoms. The number of rotatable bonds is 4. The molecular weight excluding hydrogens is 236 g/mol. The van der Waals surface area contributed by atoms with Gasteiger partial charge in [-0.25, -0.2) is 0 Å². The fourth-order valence-corrected chi connectivity index (χ4v) is 2.44. The summed E-state index contributed by atoms with van der Waals surface area (Å²) in [6.45, 7) is 9.32. The lowest BCUT2D eigenvalue weighted by Gasteiger charge is -2.18. The van der Waals surface area contributed by atoms with E-state index in [-0.39, 0.29) is 5.78 Å². The molecule has 0 aliphatic carbocycles. The van der Waals surface area contributed by atoms with Crippen molar-refractivity contribution in [1.29, 1.82) is 0 Å². The van der Waals surface area contributed by atoms with Crippen LogP contribution in [0, 0.1) is 13.8 Å². The maximum absolute atomic E-state index is 12.2. The van der Waals surface area contributed by atoms with E-state index < -0.39 is 0 Å². The maximum Gasteiger partial charge on any atom is 0.164 e. The Morgan fingerprint density at radius 1 is 1.21 bits per heavy atom. The van der Waals surface area contributed by atoms with Gasteiger partial charge in [-0.1, -0.05) is 12.1 Å². The van der Waals surface area contributed by atoms with Gasteiger partial charge in [-0.05, 0) is 50.6 Å². The van der Waals surface area contributed by atoms with Crippen LogP contribution in [0.1, 0.15) is 34.3 Å². The molecule has 1 N–H and O–H groups in total. The molecule has 0 radical (unpaired) electrons. The molecule has 1 aliphatic rings. The third kappa shape index (κ3) is 4.15. The summed E-state index contributed by atoms with van der Waals surface area (Å²) < 4.78 is 0. The molecule has 1 aliphatic heterocycles. The predicted molar refractivity (Wildman–Crippen MR) is 78.8 cm³/mol. The fraction of sp³-hybridized carbons (Fsp3) is 0.562. The van der Waals surface area contributed by atoms with E-state index in [1.54, 1.807) is 0 Å². The van der Waals surface area contributed by atoms with Gasteiger partial charge in [-0.15, -0.1) is 0 Å². The molecule has 3 heteroatoms. The van der Waals surface area contributed by atoms with Crippen molar-refractivity contribution in [3.63, 3.8) is 0 Å². The number of ketones is 1. The van der Waals surface area contributed by atoms with E-state index in [1.807, 2.05) is 18.2 Å². The van der Waals surface area contributed by atoms with Gasteiger partial charge in [0.2, 0.25) is 0 Å². The highest BCUT2D eigenvalue weighted by molar-refractivity contribution is 5.96. The first kappa shape index (κ1) is 14.2. The smallest absolute Gasteiger partial charge is 0.164 e. The summed E-state index contributed by atoms with van der Waals surface area (Å²) in [6.07, 6.45) is 1.81. The number of hydrogen-bond donors (Lipinski definition) is 1. The third-order valence-electron chi connectivity index (χ3n) is 3.92. The molecule has 1 aromatic rings. The number of carbonyl (C=O) groups excluding carboxylic acids is 1. The highest BCUT2D eigenvalue weighted by Crippen LogP contribution is 2.12. The normalized spacial score (nSPS) is 17.2. The van der Waals surface area contributed by atoms with Crippen LogP contribution in [0.4, 0.5) is 0 Å². The minimum Gasteiger partial charge on any atom is -0.315 e. The average molecular weight is 260 g/mol. The Bertz CT molecular complexity index is 434. The molecule has 0 aromatic heterocycles. The molecule has 0 bridgehead atoms. The van der Waals surface area contributed by atoms with Crippen molar-refractivity contribution in [3.8, 4) is 0 Å². The lowest BCUT2D eigenvalue weighted by molar-refractivity contribution is 0.0965. The highest BCUT2D eigenvalue weighted by atomic mass is 16.1. The molecule has 19 heavy (non-hydrogen) atoms. The van der Waals surface area contributed by atoms with E-state index in [2.05, 4.69) is 24.1 Å². The molecule has 3 nitrogen and oxygen atoms in total. The van der Waals surface area contributed by atoms with Gasteiger partial charge < -0.3 is 10.2 Å². The Labute approximate surface area is 116 Å². The minimum absolute atomic E-state index is 0.264. The molecule has 0 atom stereocenters. The second-order valence-corrected chi connectivity index (χ2v) is 5.42. The summed E-state index contributed by atoms with van der Waals surface area (Å²) in [5, 5.41) is 3.38. The largest absolute Gasteiger partial charge is 0.315 e. The monoisotopic (exact) mass is 260 g/mol. The van der Waals surface area contributed by atoms with Crippen LogP contribution < -0.4 is 5.32 Å². The SMILES string of the molecule is Cc1ccc(C(=O)CCN2CCCNCC2)cc1C. The zero-order valence-corrected chi connectivity index (χ0v) is 12.0. The molecule has 2 rings (SSSR count). The standard InChI is InChI=1S/C16H24N2O/c1-13-4-5-15(12-14(13)2)16(19)6-10-18-9-3-7-17-8-11-18/h4-5,12,17H,3,6-11H2,1-2H3. The van der Waals surface area contributed by atoms with Crippen LogP contribution in [0.15, 0.2) is 18.2 Å². The molecule has 1 fully saturated rings. The van der Waals surface area contributed by atoms with Crippen LogP contribution in [0.3, 0.4) is 0 Å². The Hall–Kier alpha value is -1.19. The van der Waals surface area contributed by atoms with Gasteiger partial charge >= 0.3 is 0 Å². The predicted octanol–water partition coefficient (Wildman–Crippen LogP) is 2.17. The van der Waals surface area contributed by atoms with E-state index in [0.29, 0.717) is 6.42 Å². The van der Waals surface area contributed by atoms with Gasteiger partial charge in [0.15, 0.2) is 5.78 Å². The van der Waals surface area contributed by atoms with E-state index >= 15 is 0 Å². The first-order valence-corrected chi connectivity index (χ1v) is 7.20. The van der Waals surface area contributed by atoms with Crippen molar-refractivity contribution >= 4 is 5.78 Å². The Morgan fingerprint density at radius 2 is 2.05 bits per heavy atom. The first-order chi connectivity index (χ1) is 9.16. The van der Waals surface area contributed by atoms with Crippen LogP contribution in [0.5, 0.6) is 0 Å². The maximum atomic E-state index is 12.2. The topological polar surface area (TPSA) is 32.3 Å². The molecule has 1 saturated heterocycles. The number of nitrogens with zero attached hydrogens (tertiary/aromatic N) is 1. The Kier molecular flexibility index (Phi) is 5.11. The van der Waals surface area contributed by atoms with Crippen LogP contribution in [0.2, 0.25) is 0 Å². The Morgan fingerprint density at radius 3 is 2.84 bits per heavy atom. The minimum atomic E-state index is 0.264. The molecule has 104 valence electrons. The second-order valence-electron chi connectivity index (χ2n) is 5.42. The van der Waals surface area contributed by atoms with Crippen molar-refractivity contribution < 1.29 is 4.79 Å². The van der Waals surface area contributed by atoms with E-state index in [4.69, 9.17) is 0 Å². The van der Waals surface area contributed by atoms with Crippen molar-refractivity contribution in [2.24, 2.45) is 0 Å². The summed E-state index contributed by atoms with van der Waals surface area (Å²) >= 11 is 0. The molecular formula is C16H24N2O. The molecule has 0 amide bonds.